The highest BCUT2D eigenvalue weighted by Gasteiger charge is 2.47. The van der Waals surface area contributed by atoms with Crippen LogP contribution in [0.1, 0.15) is 228 Å². The lowest BCUT2D eigenvalue weighted by Crippen LogP contribution is -2.61. The minimum Gasteiger partial charge on any atom is -0.310 e. The summed E-state index contributed by atoms with van der Waals surface area (Å²) in [4.78, 5) is 4.88. The van der Waals surface area contributed by atoms with Gasteiger partial charge in [0.1, 0.15) is 0 Å². The molecule has 0 bridgehead atoms. The minimum atomic E-state index is -0.777. The first-order valence-corrected chi connectivity index (χ1v) is 43.0. The quantitative estimate of drug-likeness (QED) is 0.134. The van der Waals surface area contributed by atoms with E-state index in [0.717, 1.165) is 156 Å². The fourth-order valence-electron chi connectivity index (χ4n) is 18.3. The molecule has 0 radical (unpaired) electrons. The van der Waals surface area contributed by atoms with E-state index in [1.165, 1.54) is 0 Å². The third-order valence-electron chi connectivity index (χ3n) is 25.5. The second-order valence-corrected chi connectivity index (χ2v) is 42.3. The summed E-state index contributed by atoms with van der Waals surface area (Å²) >= 11 is 0. The minimum absolute atomic E-state index is 0.0271. The summed E-state index contributed by atoms with van der Waals surface area (Å²) in [7, 11) is 0. The molecular weight excluding hydrogens is 1460 g/mol. The second kappa shape index (κ2) is 28.5. The highest BCUT2D eigenvalue weighted by atomic mass is 15.2. The normalized spacial score (nSPS) is 15.1. The molecule has 0 aliphatic carbocycles. The molecule has 2 aliphatic heterocycles. The van der Waals surface area contributed by atoms with Gasteiger partial charge >= 0.3 is 0 Å². The summed E-state index contributed by atoms with van der Waals surface area (Å²) in [5.74, 6) is 0. The van der Waals surface area contributed by atoms with Crippen molar-refractivity contribution in [2.45, 2.75) is 209 Å². The Hall–Kier alpha value is -11.7. The maximum atomic E-state index is 10.1. The predicted molar refractivity (Wildman–Crippen MR) is 526 cm³/mol. The lowest BCUT2D eigenvalue weighted by molar-refractivity contribution is 0.568. The first-order valence-electron chi connectivity index (χ1n) is 49.5. The molecule has 2 aliphatic rings. The number of benzene rings is 14. The molecule has 0 spiro atoms. The molecule has 2 aromatic heterocycles. The van der Waals surface area contributed by atoms with Gasteiger partial charge in [0, 0.05) is 72.2 Å². The Labute approximate surface area is 739 Å². The van der Waals surface area contributed by atoms with Gasteiger partial charge < -0.3 is 18.9 Å². The lowest BCUT2D eigenvalue weighted by Gasteiger charge is -2.46. The average molecular weight is 1590 g/mol. The third kappa shape index (κ3) is 14.1. The van der Waals surface area contributed by atoms with Gasteiger partial charge in [-0.1, -0.05) is 384 Å². The Morgan fingerprint density at radius 1 is 0.231 bits per heavy atom. The SMILES string of the molecule is [2H]c1c([2H])c([2H])c(-c2ccc3c(c2)N(c2c(-c4ccc(C(C)(C)C)cc4)cccc2-c2cc(C(C)(C)C)cc(C(C)(C)C)c2)c2cc(-n4c5ccc(C(C)(C)C)cc5c5cc(C(C)(C)C)ccc54)cc4c2B3c2ccc(-n3c5c([2H])c([2H])c([2H])c([2H])c5c5c([2H])c([2H])c([2H])c([2H])c53)cc2N4c2c(-c3ccc(C(C)(C)C)cc3)cccc2-c2cc(C(C)(C)C)cc(C(C)(C)C)c2)c([2H])c1[2H]. The van der Waals surface area contributed by atoms with E-state index in [-0.39, 0.29) is 82.8 Å². The van der Waals surface area contributed by atoms with Gasteiger partial charge in [-0.2, -0.15) is 0 Å². The van der Waals surface area contributed by atoms with Crippen molar-refractivity contribution in [2.24, 2.45) is 0 Å². The van der Waals surface area contributed by atoms with Crippen molar-refractivity contribution >= 4 is 101 Å². The summed E-state index contributed by atoms with van der Waals surface area (Å²) < 4.78 is 129. The molecule has 4 nitrogen and oxygen atoms in total. The van der Waals surface area contributed by atoms with E-state index in [9.17, 15) is 16.4 Å². The summed E-state index contributed by atoms with van der Waals surface area (Å²) in [5.41, 5.74) is 24.3. The molecule has 0 saturated carbocycles. The van der Waals surface area contributed by atoms with Crippen LogP contribution in [0.5, 0.6) is 0 Å². The van der Waals surface area contributed by atoms with Crippen LogP contribution >= 0.6 is 0 Å². The third-order valence-corrected chi connectivity index (χ3v) is 25.5. The van der Waals surface area contributed by atoms with E-state index < -0.39 is 73.2 Å². The van der Waals surface area contributed by atoms with Crippen molar-refractivity contribution in [1.82, 2.24) is 9.13 Å². The number of hydrogen-bond donors (Lipinski definition) is 0. The standard InChI is InChI=1S/C116H119BN4/c1-109(2,3)78-49-44-73(45-50-78)88-38-32-40-90(76-60-82(113(13,14)15)65-83(61-76)114(16,17)18)107(88)120-102-64-75(72-34-26-25-27-35-72)48-56-96(102)117-97-57-55-86(118-98-42-30-28-36-92(98)93-37-29-31-43-99(93)118)69-103(97)121(105-71-87(70-104(120)106(105)117)119-100-58-53-80(111(7,8)9)67-94(100)95-68-81(112(10,11)12)54-59-101(95)119)108-89(74-46-51-79(52-47-74)110(4,5)6)39-33-41-91(108)77-62-84(115(19,20)21)66-85(63-77)116(22,23)24/h25-71H,1-24H3/i25D,26D,27D,28D,29D,30D,31D,34D,35D,36D,37D,42D,43D. The summed E-state index contributed by atoms with van der Waals surface area (Å²) in [6.45, 7) is 53.3. The van der Waals surface area contributed by atoms with E-state index in [0.29, 0.717) is 22.6 Å². The van der Waals surface area contributed by atoms with Gasteiger partial charge in [-0.3, -0.25) is 0 Å². The average Bonchev–Trinajstić information content (AvgIpc) is 1.66. The van der Waals surface area contributed by atoms with Gasteiger partial charge in [-0.05, 0) is 204 Å². The van der Waals surface area contributed by atoms with Gasteiger partial charge in [-0.15, -0.1) is 0 Å². The second-order valence-electron chi connectivity index (χ2n) is 42.3. The van der Waals surface area contributed by atoms with Crippen molar-refractivity contribution in [3.8, 4) is 67.0 Å². The molecule has 4 heterocycles. The summed E-state index contributed by atoms with van der Waals surface area (Å²) in [6, 6.07) is 69.8. The molecule has 0 atom stereocenters. The number of hydrogen-bond acceptors (Lipinski definition) is 2. The van der Waals surface area contributed by atoms with Crippen LogP contribution in [0.25, 0.3) is 111 Å². The number of rotatable bonds is 9. The van der Waals surface area contributed by atoms with Gasteiger partial charge in [-0.25, -0.2) is 0 Å². The molecule has 0 unspecified atom stereocenters. The van der Waals surface area contributed by atoms with E-state index in [2.05, 4.69) is 369 Å². The molecule has 0 amide bonds. The van der Waals surface area contributed by atoms with E-state index in [1.807, 2.05) is 18.2 Å². The van der Waals surface area contributed by atoms with Crippen LogP contribution in [0, 0.1) is 0 Å². The number of anilines is 6. The molecule has 5 heteroatoms. The Morgan fingerprint density at radius 2 is 0.562 bits per heavy atom. The smallest absolute Gasteiger partial charge is 0.252 e. The number of aromatic nitrogens is 2. The van der Waals surface area contributed by atoms with Crippen LogP contribution in [0.15, 0.2) is 285 Å². The van der Waals surface area contributed by atoms with E-state index in [1.54, 1.807) is 4.57 Å². The molecule has 16 aromatic rings. The number of para-hydroxylation sites is 4. The summed E-state index contributed by atoms with van der Waals surface area (Å²) in [5, 5.41) is 2.01. The molecular formula is C116H119BN4. The monoisotopic (exact) mass is 1590 g/mol. The van der Waals surface area contributed by atoms with Crippen molar-refractivity contribution in [2.75, 3.05) is 9.80 Å². The molecule has 606 valence electrons. The largest absolute Gasteiger partial charge is 0.310 e. The Bertz CT molecular complexity index is 7420. The molecule has 0 fully saturated rings. The van der Waals surface area contributed by atoms with Crippen molar-refractivity contribution < 1.29 is 17.8 Å². The predicted octanol–water partition coefficient (Wildman–Crippen LogP) is 30.7. The molecule has 14 aromatic carbocycles. The first kappa shape index (κ1) is 66.1. The van der Waals surface area contributed by atoms with Gasteiger partial charge in [0.25, 0.3) is 6.71 Å². The zero-order chi connectivity index (χ0) is 96.8. The molecule has 18 rings (SSSR count). The number of fused-ring (bicyclic) bond motifs is 10. The Balaban J connectivity index is 1.12. The zero-order valence-electron chi connectivity index (χ0n) is 88.0. The van der Waals surface area contributed by atoms with Gasteiger partial charge in [0.15, 0.2) is 0 Å². The van der Waals surface area contributed by atoms with Crippen molar-refractivity contribution in [1.29, 1.82) is 0 Å². The van der Waals surface area contributed by atoms with E-state index >= 15 is 0 Å². The van der Waals surface area contributed by atoms with E-state index in [4.69, 9.17) is 1.37 Å². The van der Waals surface area contributed by atoms with Crippen LogP contribution < -0.4 is 26.2 Å². The van der Waals surface area contributed by atoms with Crippen LogP contribution in [0.3, 0.4) is 0 Å². The fraction of sp³-hybridized carbons (Fsp3) is 0.276. The fourth-order valence-corrected chi connectivity index (χ4v) is 18.3. The van der Waals surface area contributed by atoms with Crippen LogP contribution in [-0.2, 0) is 43.3 Å². The molecule has 121 heavy (non-hydrogen) atoms. The highest BCUT2D eigenvalue weighted by Crippen LogP contribution is 2.56. The first-order chi connectivity index (χ1) is 62.4. The Kier molecular flexibility index (Phi) is 15.6. The molecule has 0 N–H and O–H groups in total. The lowest BCUT2D eigenvalue weighted by atomic mass is 9.33. The maximum Gasteiger partial charge on any atom is 0.252 e. The maximum absolute atomic E-state index is 10.1. The van der Waals surface area contributed by atoms with Crippen LogP contribution in [0.4, 0.5) is 34.1 Å². The van der Waals surface area contributed by atoms with Crippen molar-refractivity contribution in [3.05, 3.63) is 329 Å². The van der Waals surface area contributed by atoms with Crippen LogP contribution in [-0.4, -0.2) is 15.8 Å². The highest BCUT2D eigenvalue weighted by molar-refractivity contribution is 7.00. The Morgan fingerprint density at radius 3 is 0.959 bits per heavy atom. The van der Waals surface area contributed by atoms with Gasteiger partial charge in [0.2, 0.25) is 0 Å². The zero-order valence-corrected chi connectivity index (χ0v) is 75.0. The van der Waals surface area contributed by atoms with Gasteiger partial charge in [0.05, 0.1) is 56.9 Å². The number of nitrogens with zero attached hydrogens (tertiary/aromatic N) is 4. The topological polar surface area (TPSA) is 16.3 Å². The molecule has 0 saturated heterocycles. The van der Waals surface area contributed by atoms with Crippen LogP contribution in [0.2, 0.25) is 0 Å². The summed E-state index contributed by atoms with van der Waals surface area (Å²) in [6.07, 6.45) is 0. The van der Waals surface area contributed by atoms with Crippen molar-refractivity contribution in [3.63, 3.8) is 0 Å².